The molecule has 1 fully saturated rings. The molecule has 0 saturated carbocycles. The lowest BCUT2D eigenvalue weighted by Gasteiger charge is -2.33. The van der Waals surface area contributed by atoms with Crippen LogP contribution in [-0.4, -0.2) is 33.7 Å². The van der Waals surface area contributed by atoms with E-state index in [1.54, 1.807) is 41.1 Å². The third-order valence-electron chi connectivity index (χ3n) is 4.78. The summed E-state index contributed by atoms with van der Waals surface area (Å²) in [6.45, 7) is 7.46. The zero-order chi connectivity index (χ0) is 18.9. The normalized spacial score (nSPS) is 15.9. The Hall–Kier alpha value is -2.14. The monoisotopic (exact) mass is 373 g/mol. The van der Waals surface area contributed by atoms with Crippen molar-refractivity contribution in [3.8, 4) is 0 Å². The second-order valence-corrected chi connectivity index (χ2v) is 8.22. The van der Waals surface area contributed by atoms with Crippen LogP contribution >= 0.6 is 11.6 Å². The maximum Gasteiger partial charge on any atom is 0.267 e. The highest BCUT2D eigenvalue weighted by Crippen LogP contribution is 2.24. The predicted molar refractivity (Wildman–Crippen MR) is 103 cm³/mol. The number of carbonyl (C=O) groups is 1. The molecule has 2 heterocycles. The van der Waals surface area contributed by atoms with Gasteiger partial charge in [0, 0.05) is 35.2 Å². The van der Waals surface area contributed by atoms with Crippen molar-refractivity contribution in [2.75, 3.05) is 13.1 Å². The molecule has 0 N–H and O–H groups in total. The molecular formula is C20H24ClN3O2. The highest BCUT2D eigenvalue weighted by molar-refractivity contribution is 6.30. The first kappa shape index (κ1) is 18.6. The Labute approximate surface area is 158 Å². The molecular weight excluding hydrogens is 350 g/mol. The number of aromatic nitrogens is 2. The van der Waals surface area contributed by atoms with E-state index in [0.29, 0.717) is 23.7 Å². The number of hydrogen-bond donors (Lipinski definition) is 0. The zero-order valence-electron chi connectivity index (χ0n) is 15.4. The number of halogens is 1. The Balaban J connectivity index is 1.72. The van der Waals surface area contributed by atoms with Gasteiger partial charge in [-0.1, -0.05) is 32.4 Å². The van der Waals surface area contributed by atoms with E-state index in [0.717, 1.165) is 18.5 Å². The molecule has 1 aliphatic rings. The number of nitrogens with zero attached hydrogens (tertiary/aromatic N) is 3. The van der Waals surface area contributed by atoms with Gasteiger partial charge in [0.2, 0.25) is 0 Å². The van der Waals surface area contributed by atoms with Gasteiger partial charge in [-0.2, -0.15) is 5.10 Å². The van der Waals surface area contributed by atoms with E-state index in [1.165, 1.54) is 0 Å². The second-order valence-electron chi connectivity index (χ2n) is 7.78. The topological polar surface area (TPSA) is 55.2 Å². The summed E-state index contributed by atoms with van der Waals surface area (Å²) in [6, 6.07) is 10.4. The van der Waals surface area contributed by atoms with E-state index in [9.17, 15) is 9.59 Å². The van der Waals surface area contributed by atoms with E-state index < -0.39 is 0 Å². The molecule has 6 heteroatoms. The summed E-state index contributed by atoms with van der Waals surface area (Å²) < 4.78 is 1.60. The van der Waals surface area contributed by atoms with Gasteiger partial charge in [0.15, 0.2) is 0 Å². The van der Waals surface area contributed by atoms with Gasteiger partial charge < -0.3 is 4.90 Å². The highest BCUT2D eigenvalue weighted by atomic mass is 35.5. The third kappa shape index (κ3) is 3.98. The molecule has 0 unspecified atom stereocenters. The van der Waals surface area contributed by atoms with E-state index >= 15 is 0 Å². The van der Waals surface area contributed by atoms with Crippen molar-refractivity contribution >= 4 is 17.5 Å². The minimum Gasteiger partial charge on any atom is -0.338 e. The summed E-state index contributed by atoms with van der Waals surface area (Å²) in [5.41, 5.74) is 1.34. The Morgan fingerprint density at radius 2 is 1.69 bits per heavy atom. The molecule has 26 heavy (non-hydrogen) atoms. The molecule has 1 saturated heterocycles. The first-order valence-corrected chi connectivity index (χ1v) is 9.29. The fraction of sp³-hybridized carbons (Fsp3) is 0.450. The minimum absolute atomic E-state index is 0.00358. The molecule has 1 amide bonds. The van der Waals surface area contributed by atoms with Gasteiger partial charge in [0.1, 0.15) is 0 Å². The first-order chi connectivity index (χ1) is 12.3. The van der Waals surface area contributed by atoms with Crippen LogP contribution in [0.1, 0.15) is 55.7 Å². The van der Waals surface area contributed by atoms with Gasteiger partial charge in [-0.3, -0.25) is 9.59 Å². The number of hydrogen-bond acceptors (Lipinski definition) is 3. The molecule has 1 aromatic heterocycles. The van der Waals surface area contributed by atoms with Gasteiger partial charge in [0.05, 0.1) is 11.7 Å². The first-order valence-electron chi connectivity index (χ1n) is 8.91. The molecule has 0 radical (unpaired) electrons. The van der Waals surface area contributed by atoms with Crippen LogP contribution in [0.2, 0.25) is 5.02 Å². The quantitative estimate of drug-likeness (QED) is 0.807. The summed E-state index contributed by atoms with van der Waals surface area (Å²) in [5, 5.41) is 5.21. The van der Waals surface area contributed by atoms with E-state index in [4.69, 9.17) is 11.6 Å². The average molecular weight is 374 g/mol. The summed E-state index contributed by atoms with van der Waals surface area (Å²) in [6.07, 6.45) is 1.44. The summed E-state index contributed by atoms with van der Waals surface area (Å²) in [5.74, 6) is 0.00358. The van der Waals surface area contributed by atoms with Crippen molar-refractivity contribution in [2.24, 2.45) is 0 Å². The molecule has 1 aromatic carbocycles. The van der Waals surface area contributed by atoms with Gasteiger partial charge in [-0.05, 0) is 43.2 Å². The van der Waals surface area contributed by atoms with Gasteiger partial charge in [0.25, 0.3) is 11.5 Å². The van der Waals surface area contributed by atoms with Crippen LogP contribution in [0.3, 0.4) is 0 Å². The lowest BCUT2D eigenvalue weighted by atomic mass is 9.92. The summed E-state index contributed by atoms with van der Waals surface area (Å²) in [7, 11) is 0. The van der Waals surface area contributed by atoms with Crippen molar-refractivity contribution in [1.82, 2.24) is 14.7 Å². The van der Waals surface area contributed by atoms with Crippen LogP contribution in [0.4, 0.5) is 0 Å². The maximum absolute atomic E-state index is 12.6. The van der Waals surface area contributed by atoms with Crippen molar-refractivity contribution in [3.05, 3.63) is 63.0 Å². The van der Waals surface area contributed by atoms with Crippen molar-refractivity contribution < 1.29 is 4.79 Å². The SMILES string of the molecule is CC(C)(C)c1ccc(=O)n(C2CCN(C(=O)c3ccc(Cl)cc3)CC2)n1. The molecule has 138 valence electrons. The fourth-order valence-corrected chi connectivity index (χ4v) is 3.30. The Kier molecular flexibility index (Phi) is 5.19. The summed E-state index contributed by atoms with van der Waals surface area (Å²) in [4.78, 5) is 26.7. The zero-order valence-corrected chi connectivity index (χ0v) is 16.2. The lowest BCUT2D eigenvalue weighted by molar-refractivity contribution is 0.0687. The molecule has 2 aromatic rings. The fourth-order valence-electron chi connectivity index (χ4n) is 3.18. The van der Waals surface area contributed by atoms with Gasteiger partial charge in [-0.15, -0.1) is 0 Å². The standard InChI is InChI=1S/C20H24ClN3O2/c1-20(2,3)17-8-9-18(25)24(22-17)16-10-12-23(13-11-16)19(26)14-4-6-15(21)7-5-14/h4-9,16H,10-13H2,1-3H3. The van der Waals surface area contributed by atoms with E-state index in [-0.39, 0.29) is 22.9 Å². The number of rotatable bonds is 2. The predicted octanol–water partition coefficient (Wildman–Crippen LogP) is 3.67. The van der Waals surface area contributed by atoms with Crippen LogP contribution in [0, 0.1) is 0 Å². The number of amides is 1. The Bertz CT molecular complexity index is 845. The number of likely N-dealkylation sites (tertiary alicyclic amines) is 1. The summed E-state index contributed by atoms with van der Waals surface area (Å²) >= 11 is 5.88. The van der Waals surface area contributed by atoms with Gasteiger partial charge >= 0.3 is 0 Å². The van der Waals surface area contributed by atoms with Crippen LogP contribution < -0.4 is 5.56 Å². The van der Waals surface area contributed by atoms with Crippen LogP contribution in [0.25, 0.3) is 0 Å². The second kappa shape index (κ2) is 7.23. The molecule has 0 atom stereocenters. The van der Waals surface area contributed by atoms with Crippen LogP contribution in [0.15, 0.2) is 41.2 Å². The Morgan fingerprint density at radius 1 is 1.08 bits per heavy atom. The molecule has 1 aliphatic heterocycles. The van der Waals surface area contributed by atoms with Crippen molar-refractivity contribution in [3.63, 3.8) is 0 Å². The van der Waals surface area contributed by atoms with Crippen molar-refractivity contribution in [2.45, 2.75) is 45.1 Å². The highest BCUT2D eigenvalue weighted by Gasteiger charge is 2.26. The van der Waals surface area contributed by atoms with Crippen LogP contribution in [-0.2, 0) is 5.41 Å². The van der Waals surface area contributed by atoms with Crippen LogP contribution in [0.5, 0.6) is 0 Å². The molecule has 5 nitrogen and oxygen atoms in total. The average Bonchev–Trinajstić information content (AvgIpc) is 2.61. The van der Waals surface area contributed by atoms with E-state index in [2.05, 4.69) is 25.9 Å². The van der Waals surface area contributed by atoms with Crippen molar-refractivity contribution in [1.29, 1.82) is 0 Å². The number of carbonyl (C=O) groups excluding carboxylic acids is 1. The minimum atomic E-state index is -0.110. The third-order valence-corrected chi connectivity index (χ3v) is 5.03. The van der Waals surface area contributed by atoms with E-state index in [1.807, 2.05) is 4.90 Å². The molecule has 0 aliphatic carbocycles. The molecule has 3 rings (SSSR count). The lowest BCUT2D eigenvalue weighted by Crippen LogP contribution is -2.41. The smallest absolute Gasteiger partial charge is 0.267 e. The molecule has 0 spiro atoms. The largest absolute Gasteiger partial charge is 0.338 e. The molecule has 0 bridgehead atoms. The Morgan fingerprint density at radius 3 is 2.27 bits per heavy atom. The van der Waals surface area contributed by atoms with Gasteiger partial charge in [-0.25, -0.2) is 4.68 Å². The number of benzene rings is 1. The maximum atomic E-state index is 12.6. The number of piperidine rings is 1.